The molecular weight excluding hydrogens is 162 g/mol. The second-order valence-corrected chi connectivity index (χ2v) is 2.76. The lowest BCUT2D eigenvalue weighted by Crippen LogP contribution is -2.12. The molecule has 0 aliphatic carbocycles. The largest absolute Gasteiger partial charge is 0.331 e. The molecule has 0 radical (unpaired) electrons. The number of hydrogen-bond acceptors (Lipinski definition) is 1. The van der Waals surface area contributed by atoms with E-state index in [1.54, 1.807) is 26.0 Å². The molecule has 1 atom stereocenters. The van der Waals surface area contributed by atoms with Crippen molar-refractivity contribution in [2.45, 2.75) is 19.9 Å². The first kappa shape index (κ1) is 9.47. The van der Waals surface area contributed by atoms with Gasteiger partial charge in [0.05, 0.1) is 6.92 Å². The molecule has 0 fully saturated rings. The summed E-state index contributed by atoms with van der Waals surface area (Å²) in [6, 6.07) is 11.5. The van der Waals surface area contributed by atoms with E-state index >= 15 is 0 Å². The van der Waals surface area contributed by atoms with Crippen molar-refractivity contribution in [1.29, 1.82) is 0 Å². The van der Waals surface area contributed by atoms with Crippen LogP contribution in [0.25, 0.3) is 4.85 Å². The van der Waals surface area contributed by atoms with Gasteiger partial charge >= 0.3 is 6.04 Å². The molecule has 1 aromatic rings. The van der Waals surface area contributed by atoms with Crippen LogP contribution in [0.4, 0.5) is 0 Å². The highest BCUT2D eigenvalue weighted by molar-refractivity contribution is 6.00. The first-order valence-electron chi connectivity index (χ1n) is 4.21. The Labute approximate surface area is 78.0 Å². The molecule has 0 aliphatic rings. The van der Waals surface area contributed by atoms with Gasteiger partial charge in [-0.15, -0.1) is 0 Å². The maximum Gasteiger partial charge on any atom is 0.331 e. The van der Waals surface area contributed by atoms with Crippen LogP contribution in [0.1, 0.15) is 24.2 Å². The minimum atomic E-state index is -0.326. The van der Waals surface area contributed by atoms with Crippen molar-refractivity contribution >= 4 is 5.78 Å². The molecule has 0 amide bonds. The van der Waals surface area contributed by atoms with E-state index in [1.807, 2.05) is 18.2 Å². The van der Waals surface area contributed by atoms with Gasteiger partial charge in [-0.2, -0.15) is 0 Å². The van der Waals surface area contributed by atoms with Gasteiger partial charge in [0.1, 0.15) is 0 Å². The third-order valence-corrected chi connectivity index (χ3v) is 1.76. The predicted molar refractivity (Wildman–Crippen MR) is 53.2 cm³/mol. The topological polar surface area (TPSA) is 21.4 Å². The summed E-state index contributed by atoms with van der Waals surface area (Å²) < 4.78 is 0. The van der Waals surface area contributed by atoms with Crippen molar-refractivity contribution in [3.8, 4) is 6.07 Å². The van der Waals surface area contributed by atoms with E-state index in [4.69, 9.17) is 0 Å². The van der Waals surface area contributed by atoms with E-state index in [9.17, 15) is 4.79 Å². The third-order valence-electron chi connectivity index (χ3n) is 1.76. The lowest BCUT2D eigenvalue weighted by molar-refractivity contribution is 0.0981. The molecule has 0 saturated carbocycles. The van der Waals surface area contributed by atoms with Crippen molar-refractivity contribution in [2.75, 3.05) is 0 Å². The molecule has 1 rings (SSSR count). The fourth-order valence-corrected chi connectivity index (χ4v) is 1.10. The Morgan fingerprint density at radius 2 is 2.00 bits per heavy atom. The number of carbonyl (C=O) groups excluding carboxylic acids is 1. The minimum absolute atomic E-state index is 0.0370. The standard InChI is InChI=1S/C11H12NO/c1-3-12-9(2)11(13)10-7-5-4-6-8-10/h4-9H,1-2H3/q+1. The average Bonchev–Trinajstić information content (AvgIpc) is 2.18. The van der Waals surface area contributed by atoms with Crippen LogP contribution in [-0.4, -0.2) is 11.8 Å². The van der Waals surface area contributed by atoms with E-state index in [0.29, 0.717) is 5.56 Å². The zero-order valence-electron chi connectivity index (χ0n) is 7.82. The monoisotopic (exact) mass is 174 g/mol. The van der Waals surface area contributed by atoms with E-state index in [0.717, 1.165) is 0 Å². The first-order valence-corrected chi connectivity index (χ1v) is 4.21. The summed E-state index contributed by atoms with van der Waals surface area (Å²) >= 11 is 0. The lowest BCUT2D eigenvalue weighted by atomic mass is 10.1. The summed E-state index contributed by atoms with van der Waals surface area (Å²) in [6.45, 7) is 3.46. The van der Waals surface area contributed by atoms with Gasteiger partial charge in [-0.05, 0) is 0 Å². The summed E-state index contributed by atoms with van der Waals surface area (Å²) in [6.07, 6.45) is 0. The summed E-state index contributed by atoms with van der Waals surface area (Å²) in [5.74, 6) is 0.0370. The minimum Gasteiger partial charge on any atom is -0.285 e. The first-order chi connectivity index (χ1) is 6.25. The van der Waals surface area contributed by atoms with Gasteiger partial charge in [-0.25, -0.2) is 0 Å². The van der Waals surface area contributed by atoms with E-state index < -0.39 is 0 Å². The maximum absolute atomic E-state index is 11.6. The summed E-state index contributed by atoms with van der Waals surface area (Å²) in [5.41, 5.74) is 0.703. The van der Waals surface area contributed by atoms with Crippen molar-refractivity contribution in [1.82, 2.24) is 0 Å². The molecule has 0 heterocycles. The molecule has 66 valence electrons. The number of rotatable bonds is 2. The quantitative estimate of drug-likeness (QED) is 0.631. The van der Waals surface area contributed by atoms with E-state index in [1.165, 1.54) is 0 Å². The Hall–Kier alpha value is -1.62. The van der Waals surface area contributed by atoms with Crippen LogP contribution in [0.3, 0.4) is 0 Å². The number of hydrogen-bond donors (Lipinski definition) is 0. The van der Waals surface area contributed by atoms with Gasteiger partial charge in [0.2, 0.25) is 5.78 Å². The fourth-order valence-electron chi connectivity index (χ4n) is 1.10. The molecule has 13 heavy (non-hydrogen) atoms. The molecule has 2 nitrogen and oxygen atoms in total. The van der Waals surface area contributed by atoms with Crippen LogP contribution in [0.15, 0.2) is 30.3 Å². The highest BCUT2D eigenvalue weighted by Gasteiger charge is 2.21. The summed E-state index contributed by atoms with van der Waals surface area (Å²) in [7, 11) is 0. The van der Waals surface area contributed by atoms with Gasteiger partial charge in [0.15, 0.2) is 0 Å². The van der Waals surface area contributed by atoms with Crippen molar-refractivity contribution in [2.24, 2.45) is 0 Å². The number of carbonyl (C=O) groups is 1. The summed E-state index contributed by atoms with van der Waals surface area (Å²) in [4.78, 5) is 15.5. The second-order valence-electron chi connectivity index (χ2n) is 2.76. The molecule has 1 aromatic carbocycles. The average molecular weight is 174 g/mol. The van der Waals surface area contributed by atoms with Crippen LogP contribution in [0.2, 0.25) is 0 Å². The normalized spacial score (nSPS) is 11.2. The van der Waals surface area contributed by atoms with E-state index in [-0.39, 0.29) is 11.8 Å². The van der Waals surface area contributed by atoms with Crippen LogP contribution in [-0.2, 0) is 0 Å². The van der Waals surface area contributed by atoms with Crippen molar-refractivity contribution in [3.05, 3.63) is 40.7 Å². The smallest absolute Gasteiger partial charge is 0.285 e. The van der Waals surface area contributed by atoms with E-state index in [2.05, 4.69) is 10.9 Å². The third kappa shape index (κ3) is 2.41. The molecule has 0 aliphatic heterocycles. The zero-order valence-corrected chi connectivity index (χ0v) is 7.82. The molecular formula is C11H12NO+. The zero-order chi connectivity index (χ0) is 9.68. The van der Waals surface area contributed by atoms with Gasteiger partial charge in [0.25, 0.3) is 6.07 Å². The van der Waals surface area contributed by atoms with Crippen LogP contribution >= 0.6 is 0 Å². The fraction of sp³-hybridized carbons (Fsp3) is 0.273. The molecule has 0 saturated heterocycles. The van der Waals surface area contributed by atoms with Gasteiger partial charge in [0, 0.05) is 12.5 Å². The molecule has 1 unspecified atom stereocenters. The van der Waals surface area contributed by atoms with Gasteiger partial charge in [-0.3, -0.25) is 4.79 Å². The number of ketones is 1. The Bertz CT molecular complexity index is 345. The predicted octanol–water partition coefficient (Wildman–Crippen LogP) is 2.61. The highest BCUT2D eigenvalue weighted by Crippen LogP contribution is 2.05. The molecule has 0 spiro atoms. The number of benzene rings is 1. The van der Waals surface area contributed by atoms with Crippen molar-refractivity contribution < 1.29 is 4.79 Å². The maximum atomic E-state index is 11.6. The van der Waals surface area contributed by atoms with Gasteiger partial charge < -0.3 is 0 Å². The summed E-state index contributed by atoms with van der Waals surface area (Å²) in [5, 5.41) is 0. The lowest BCUT2D eigenvalue weighted by Gasteiger charge is -1.94. The molecule has 0 aromatic heterocycles. The molecule has 0 bridgehead atoms. The Morgan fingerprint density at radius 3 is 2.54 bits per heavy atom. The number of nitrogens with zero attached hydrogens (tertiary/aromatic N) is 1. The number of Topliss-reactive ketones (excluding diaryl/α,β-unsaturated/α-hetero) is 1. The Balaban J connectivity index is 2.84. The highest BCUT2D eigenvalue weighted by atomic mass is 16.1. The van der Waals surface area contributed by atoms with Crippen LogP contribution in [0.5, 0.6) is 0 Å². The second kappa shape index (κ2) is 4.42. The van der Waals surface area contributed by atoms with Crippen molar-refractivity contribution in [3.63, 3.8) is 0 Å². The van der Waals surface area contributed by atoms with Crippen LogP contribution in [0, 0.1) is 6.07 Å². The molecule has 2 heteroatoms. The molecule has 0 N–H and O–H groups in total. The Morgan fingerprint density at radius 1 is 1.38 bits per heavy atom. The van der Waals surface area contributed by atoms with Gasteiger partial charge in [-0.1, -0.05) is 35.2 Å². The SMILES string of the molecule is CC#[N+]C(C)C(=O)c1ccccc1. The Kier molecular flexibility index (Phi) is 3.22. The van der Waals surface area contributed by atoms with Crippen LogP contribution < -0.4 is 0 Å².